The minimum Gasteiger partial charge on any atom is -0.698 e. The van der Waals surface area contributed by atoms with Crippen molar-refractivity contribution in [2.45, 2.75) is 18.9 Å². The van der Waals surface area contributed by atoms with E-state index in [4.69, 9.17) is 11.1 Å². The Bertz CT molecular complexity index is 930. The molecule has 0 heterocycles. The number of nitrogens with one attached hydrogen (secondary N) is 2. The summed E-state index contributed by atoms with van der Waals surface area (Å²) in [6.45, 7) is 1.53. The Balaban J connectivity index is 0.00000312. The zero-order valence-electron chi connectivity index (χ0n) is 12.5. The Morgan fingerprint density at radius 1 is 1.32 bits per heavy atom. The largest absolute Gasteiger partial charge is 0.698 e. The van der Waals surface area contributed by atoms with Crippen molar-refractivity contribution in [3.63, 3.8) is 0 Å². The summed E-state index contributed by atoms with van der Waals surface area (Å²) in [5.74, 6) is -1.63. The van der Waals surface area contributed by atoms with Crippen LogP contribution in [0.1, 0.15) is 18.1 Å². The van der Waals surface area contributed by atoms with E-state index >= 15 is 0 Å². The van der Waals surface area contributed by atoms with Gasteiger partial charge in [0, 0.05) is 38.2 Å². The normalized spacial score (nSPS) is 11.9. The van der Waals surface area contributed by atoms with E-state index in [1.54, 1.807) is 0 Å². The third-order valence-corrected chi connectivity index (χ3v) is 4.28. The second kappa shape index (κ2) is 7.29. The summed E-state index contributed by atoms with van der Waals surface area (Å²) in [6, 6.07) is 3.46. The van der Waals surface area contributed by atoms with E-state index < -0.39 is 38.4 Å². The van der Waals surface area contributed by atoms with Gasteiger partial charge in [0.15, 0.2) is 5.75 Å². The molecule has 2 aromatic carbocycles. The molecule has 25 heavy (non-hydrogen) atoms. The molecule has 0 unspecified atom stereocenters. The van der Waals surface area contributed by atoms with Crippen LogP contribution < -0.4 is 4.18 Å². The van der Waals surface area contributed by atoms with Crippen LogP contribution in [0.4, 0.5) is 23.2 Å². The molecular formula is C14H11F4N2O3PtS-. The van der Waals surface area contributed by atoms with Gasteiger partial charge in [-0.05, 0) is 23.4 Å². The molecule has 0 aliphatic heterocycles. The number of alkyl halides is 3. The number of hydrogen-bond donors (Lipinski definition) is 1. The van der Waals surface area contributed by atoms with Crippen LogP contribution in [0, 0.1) is 11.2 Å². The van der Waals surface area contributed by atoms with Gasteiger partial charge in [-0.1, -0.05) is 19.1 Å². The van der Waals surface area contributed by atoms with Crippen molar-refractivity contribution < 1.29 is 51.2 Å². The molecule has 0 aliphatic carbocycles. The summed E-state index contributed by atoms with van der Waals surface area (Å²) in [5, 5.41) is 7.18. The standard InChI is InChI=1S/C14H11F4N2O3S.Pt/c1-2-8-10(15)4-3-7-5-11(20)9(6-19)13(12(7)8)23-24(21,22)14(16,17)18;/h3-6,19-20H,2H2,1H3;/q-1;. The fourth-order valence-corrected chi connectivity index (χ4v) is 2.74. The predicted octanol–water partition coefficient (Wildman–Crippen LogP) is 4.45. The van der Waals surface area contributed by atoms with Crippen LogP contribution in [0.5, 0.6) is 5.75 Å². The molecule has 0 atom stereocenters. The topological polar surface area (TPSA) is 91.0 Å². The van der Waals surface area contributed by atoms with Gasteiger partial charge in [0.25, 0.3) is 0 Å². The quantitative estimate of drug-likeness (QED) is 0.260. The third kappa shape index (κ3) is 3.79. The average Bonchev–Trinajstić information content (AvgIpc) is 2.46. The zero-order chi connectivity index (χ0) is 18.3. The van der Waals surface area contributed by atoms with Gasteiger partial charge in [0.1, 0.15) is 5.82 Å². The molecule has 2 aromatic rings. The molecule has 140 valence electrons. The second-order valence-electron chi connectivity index (χ2n) is 4.77. The monoisotopic (exact) mass is 558 g/mol. The fourth-order valence-electron chi connectivity index (χ4n) is 2.25. The van der Waals surface area contributed by atoms with Crippen molar-refractivity contribution in [2.75, 3.05) is 0 Å². The number of fused-ring (bicyclic) bond motifs is 1. The van der Waals surface area contributed by atoms with Gasteiger partial charge >= 0.3 is 15.6 Å². The smallest absolute Gasteiger partial charge is 0.534 e. The molecule has 5 nitrogen and oxygen atoms in total. The van der Waals surface area contributed by atoms with Crippen LogP contribution in [0.2, 0.25) is 0 Å². The molecule has 0 bridgehead atoms. The first-order valence-corrected chi connectivity index (χ1v) is 7.95. The fraction of sp³-hybridized carbons (Fsp3) is 0.214. The van der Waals surface area contributed by atoms with Crippen LogP contribution in [0.25, 0.3) is 16.5 Å². The maximum absolute atomic E-state index is 14.0. The third-order valence-electron chi connectivity index (χ3n) is 3.32. The van der Waals surface area contributed by atoms with Crippen molar-refractivity contribution >= 4 is 32.8 Å². The number of benzene rings is 2. The number of rotatable bonds is 4. The van der Waals surface area contributed by atoms with E-state index in [0.717, 1.165) is 6.07 Å². The van der Waals surface area contributed by atoms with E-state index in [9.17, 15) is 26.0 Å². The molecule has 0 aliphatic rings. The number of aryl methyl sites for hydroxylation is 1. The Labute approximate surface area is 155 Å². The summed E-state index contributed by atoms with van der Waals surface area (Å²) < 4.78 is 78.7. The Hall–Kier alpha value is -1.67. The van der Waals surface area contributed by atoms with Gasteiger partial charge in [-0.2, -0.15) is 21.6 Å². The van der Waals surface area contributed by atoms with Gasteiger partial charge in [-0.15, -0.1) is 5.69 Å². The molecule has 2 rings (SSSR count). The van der Waals surface area contributed by atoms with Crippen molar-refractivity contribution in [1.82, 2.24) is 0 Å². The number of halogens is 4. The van der Waals surface area contributed by atoms with Crippen LogP contribution in [-0.2, 0) is 37.6 Å². The van der Waals surface area contributed by atoms with Crippen molar-refractivity contribution in [1.29, 1.82) is 5.41 Å². The Morgan fingerprint density at radius 2 is 1.92 bits per heavy atom. The van der Waals surface area contributed by atoms with Gasteiger partial charge < -0.3 is 15.3 Å². The first-order chi connectivity index (χ1) is 11.0. The van der Waals surface area contributed by atoms with E-state index in [0.29, 0.717) is 6.21 Å². The van der Waals surface area contributed by atoms with Gasteiger partial charge in [-0.25, -0.2) is 4.39 Å². The first kappa shape index (κ1) is 21.4. The van der Waals surface area contributed by atoms with Crippen molar-refractivity contribution in [3.8, 4) is 5.75 Å². The first-order valence-electron chi connectivity index (χ1n) is 6.54. The molecule has 0 radical (unpaired) electrons. The molecule has 0 fully saturated rings. The van der Waals surface area contributed by atoms with Crippen molar-refractivity contribution in [2.24, 2.45) is 0 Å². The van der Waals surface area contributed by atoms with E-state index in [2.05, 4.69) is 4.18 Å². The summed E-state index contributed by atoms with van der Waals surface area (Å²) in [5.41, 5.74) is 1.06. The summed E-state index contributed by atoms with van der Waals surface area (Å²) in [7, 11) is -6.04. The Kier molecular flexibility index (Phi) is 6.23. The maximum Gasteiger partial charge on any atom is 0.534 e. The van der Waals surface area contributed by atoms with Crippen LogP contribution in [-0.4, -0.2) is 20.1 Å². The van der Waals surface area contributed by atoms with E-state index in [1.165, 1.54) is 19.1 Å². The minimum absolute atomic E-state index is 0. The van der Waals surface area contributed by atoms with Crippen molar-refractivity contribution in [3.05, 3.63) is 40.9 Å². The number of hydrogen-bond acceptors (Lipinski definition) is 4. The SMILES string of the molecule is CCc1c(F)ccc2cc([NH-])c(C=N)c(OS(=O)(=O)C(F)(F)F)c12.[Pt]. The van der Waals surface area contributed by atoms with E-state index in [1.807, 2.05) is 0 Å². The molecule has 0 saturated carbocycles. The molecule has 11 heteroatoms. The maximum atomic E-state index is 14.0. The van der Waals surface area contributed by atoms with Gasteiger partial charge in [0.05, 0.1) is 0 Å². The Morgan fingerprint density at radius 3 is 2.40 bits per heavy atom. The average molecular weight is 558 g/mol. The van der Waals surface area contributed by atoms with Crippen LogP contribution in [0.3, 0.4) is 0 Å². The van der Waals surface area contributed by atoms with Crippen LogP contribution >= 0.6 is 0 Å². The molecule has 0 saturated heterocycles. The van der Waals surface area contributed by atoms with Gasteiger partial charge in [-0.3, -0.25) is 0 Å². The van der Waals surface area contributed by atoms with E-state index in [-0.39, 0.29) is 43.8 Å². The van der Waals surface area contributed by atoms with Crippen LogP contribution in [0.15, 0.2) is 18.2 Å². The second-order valence-corrected chi connectivity index (χ2v) is 6.31. The van der Waals surface area contributed by atoms with Gasteiger partial charge in [0.2, 0.25) is 0 Å². The zero-order valence-corrected chi connectivity index (χ0v) is 15.6. The molecule has 0 aromatic heterocycles. The predicted molar refractivity (Wildman–Crippen MR) is 80.8 cm³/mol. The molecule has 0 spiro atoms. The molecule has 2 N–H and O–H groups in total. The summed E-state index contributed by atoms with van der Waals surface area (Å²) in [6.07, 6.45) is 0.535. The summed E-state index contributed by atoms with van der Waals surface area (Å²) in [4.78, 5) is 0. The molecule has 0 amide bonds. The molecular weight excluding hydrogens is 547 g/mol. The minimum atomic E-state index is -6.04. The summed E-state index contributed by atoms with van der Waals surface area (Å²) >= 11 is 0.